The summed E-state index contributed by atoms with van der Waals surface area (Å²) < 4.78 is 56.8. The van der Waals surface area contributed by atoms with Crippen LogP contribution in [0.4, 0.5) is 17.6 Å². The molecule has 2 unspecified atom stereocenters. The van der Waals surface area contributed by atoms with Crippen molar-refractivity contribution in [3.05, 3.63) is 59.3 Å². The summed E-state index contributed by atoms with van der Waals surface area (Å²) in [5.74, 6) is -0.529. The molecule has 2 rings (SSSR count). The van der Waals surface area contributed by atoms with E-state index in [0.717, 1.165) is 12.1 Å². The molecule has 2 N–H and O–H groups in total. The summed E-state index contributed by atoms with van der Waals surface area (Å²) in [4.78, 5) is 0. The normalized spacial score (nSPS) is 14.7. The summed E-state index contributed by atoms with van der Waals surface area (Å²) in [5, 5.41) is 12.8. The smallest absolute Gasteiger partial charge is 0.416 e. The van der Waals surface area contributed by atoms with E-state index in [1.54, 1.807) is 19.1 Å². The minimum atomic E-state index is -4.62. The molecule has 0 aliphatic heterocycles. The van der Waals surface area contributed by atoms with Crippen molar-refractivity contribution < 1.29 is 27.1 Å². The van der Waals surface area contributed by atoms with Crippen LogP contribution in [0, 0.1) is 5.82 Å². The quantitative estimate of drug-likeness (QED) is 0.785. The molecule has 1 heterocycles. The summed E-state index contributed by atoms with van der Waals surface area (Å²) >= 11 is 0. The molecule has 7 heteroatoms. The zero-order chi connectivity index (χ0) is 17.0. The maximum atomic E-state index is 13.0. The lowest BCUT2D eigenvalue weighted by molar-refractivity contribution is -0.138. The first-order valence-electron chi connectivity index (χ1n) is 7.08. The molecular formula is C16H17F4NO2. The van der Waals surface area contributed by atoms with Gasteiger partial charge in [-0.05, 0) is 43.2 Å². The lowest BCUT2D eigenvalue weighted by Crippen LogP contribution is -2.28. The topological polar surface area (TPSA) is 45.4 Å². The molecule has 1 aromatic carbocycles. The standard InChI is InChI=1S/C16H17F4NO2/c1-10(7-14(22)15-3-2-6-23-15)21-9-11-4-5-12(17)8-13(11)16(18,19)20/h2-6,8,10,14,21-22H,7,9H2,1H3. The number of hydrogen-bond donors (Lipinski definition) is 2. The summed E-state index contributed by atoms with van der Waals surface area (Å²) in [6.45, 7) is 1.66. The third kappa shape index (κ3) is 4.80. The van der Waals surface area contributed by atoms with Gasteiger partial charge in [-0.3, -0.25) is 0 Å². The SMILES string of the molecule is CC(CC(O)c1ccco1)NCc1ccc(F)cc1C(F)(F)F. The predicted molar refractivity (Wildman–Crippen MR) is 76.0 cm³/mol. The fourth-order valence-electron chi connectivity index (χ4n) is 2.27. The fraction of sp³-hybridized carbons (Fsp3) is 0.375. The Morgan fingerprint density at radius 3 is 2.61 bits per heavy atom. The van der Waals surface area contributed by atoms with E-state index in [2.05, 4.69) is 5.32 Å². The Hall–Kier alpha value is -1.86. The van der Waals surface area contributed by atoms with E-state index < -0.39 is 23.7 Å². The third-order valence-corrected chi connectivity index (χ3v) is 3.47. The number of nitrogens with one attached hydrogen (secondary N) is 1. The molecule has 0 amide bonds. The highest BCUT2D eigenvalue weighted by atomic mass is 19.4. The second-order valence-electron chi connectivity index (χ2n) is 5.35. The molecule has 2 aromatic rings. The van der Waals surface area contributed by atoms with Gasteiger partial charge in [-0.1, -0.05) is 6.07 Å². The second kappa shape index (κ2) is 7.14. The first-order chi connectivity index (χ1) is 10.8. The summed E-state index contributed by atoms with van der Waals surface area (Å²) in [6.07, 6.45) is -3.75. The van der Waals surface area contributed by atoms with E-state index >= 15 is 0 Å². The van der Waals surface area contributed by atoms with Crippen LogP contribution in [0.3, 0.4) is 0 Å². The van der Waals surface area contributed by atoms with E-state index in [1.807, 2.05) is 0 Å². The molecule has 2 atom stereocenters. The van der Waals surface area contributed by atoms with Gasteiger partial charge in [0.2, 0.25) is 0 Å². The van der Waals surface area contributed by atoms with Crippen molar-refractivity contribution in [2.24, 2.45) is 0 Å². The highest BCUT2D eigenvalue weighted by molar-refractivity contribution is 5.30. The van der Waals surface area contributed by atoms with Gasteiger partial charge in [0, 0.05) is 12.6 Å². The Morgan fingerprint density at radius 1 is 1.26 bits per heavy atom. The van der Waals surface area contributed by atoms with Crippen molar-refractivity contribution in [2.75, 3.05) is 0 Å². The molecule has 1 aromatic heterocycles. The van der Waals surface area contributed by atoms with Gasteiger partial charge in [0.1, 0.15) is 17.7 Å². The van der Waals surface area contributed by atoms with Crippen LogP contribution in [0.25, 0.3) is 0 Å². The van der Waals surface area contributed by atoms with Gasteiger partial charge in [0.25, 0.3) is 0 Å². The Balaban J connectivity index is 1.98. The molecule has 0 saturated heterocycles. The number of rotatable bonds is 6. The van der Waals surface area contributed by atoms with Crippen LogP contribution in [0.15, 0.2) is 41.0 Å². The van der Waals surface area contributed by atoms with Crippen LogP contribution in [0.5, 0.6) is 0 Å². The first-order valence-corrected chi connectivity index (χ1v) is 7.08. The summed E-state index contributed by atoms with van der Waals surface area (Å²) in [7, 11) is 0. The van der Waals surface area contributed by atoms with E-state index in [0.29, 0.717) is 11.8 Å². The van der Waals surface area contributed by atoms with Crippen molar-refractivity contribution in [3.8, 4) is 0 Å². The zero-order valence-electron chi connectivity index (χ0n) is 12.4. The van der Waals surface area contributed by atoms with Crippen LogP contribution in [-0.2, 0) is 12.7 Å². The molecule has 0 radical (unpaired) electrons. The van der Waals surface area contributed by atoms with Crippen molar-refractivity contribution in [2.45, 2.75) is 38.2 Å². The maximum Gasteiger partial charge on any atom is 0.416 e. The van der Waals surface area contributed by atoms with Gasteiger partial charge >= 0.3 is 6.18 Å². The van der Waals surface area contributed by atoms with Crippen LogP contribution < -0.4 is 5.32 Å². The largest absolute Gasteiger partial charge is 0.467 e. The lowest BCUT2D eigenvalue weighted by Gasteiger charge is -2.19. The number of furan rings is 1. The van der Waals surface area contributed by atoms with E-state index in [1.165, 1.54) is 6.26 Å². The number of benzene rings is 1. The van der Waals surface area contributed by atoms with E-state index in [4.69, 9.17) is 4.42 Å². The van der Waals surface area contributed by atoms with E-state index in [-0.39, 0.29) is 24.6 Å². The molecule has 0 aliphatic carbocycles. The van der Waals surface area contributed by atoms with Gasteiger partial charge in [-0.15, -0.1) is 0 Å². The Morgan fingerprint density at radius 2 is 2.00 bits per heavy atom. The van der Waals surface area contributed by atoms with Crippen LogP contribution in [-0.4, -0.2) is 11.1 Å². The monoisotopic (exact) mass is 331 g/mol. The van der Waals surface area contributed by atoms with Crippen LogP contribution in [0.2, 0.25) is 0 Å². The fourth-order valence-corrected chi connectivity index (χ4v) is 2.27. The van der Waals surface area contributed by atoms with Gasteiger partial charge in [0.15, 0.2) is 0 Å². The molecular weight excluding hydrogens is 314 g/mol. The Bertz CT molecular complexity index is 626. The molecule has 0 bridgehead atoms. The molecule has 126 valence electrons. The number of hydrogen-bond acceptors (Lipinski definition) is 3. The molecule has 0 fully saturated rings. The van der Waals surface area contributed by atoms with E-state index in [9.17, 15) is 22.7 Å². The number of halogens is 4. The molecule has 0 saturated carbocycles. The highest BCUT2D eigenvalue weighted by Gasteiger charge is 2.33. The second-order valence-corrected chi connectivity index (χ2v) is 5.35. The van der Waals surface area contributed by atoms with Gasteiger partial charge in [-0.25, -0.2) is 4.39 Å². The maximum absolute atomic E-state index is 13.0. The van der Waals surface area contributed by atoms with Crippen molar-refractivity contribution in [1.29, 1.82) is 0 Å². The molecule has 3 nitrogen and oxygen atoms in total. The minimum Gasteiger partial charge on any atom is -0.467 e. The molecule has 0 aliphatic rings. The van der Waals surface area contributed by atoms with Crippen molar-refractivity contribution >= 4 is 0 Å². The Labute approximate surface area is 130 Å². The van der Waals surface area contributed by atoms with Crippen LogP contribution >= 0.6 is 0 Å². The number of aliphatic hydroxyl groups is 1. The summed E-state index contributed by atoms with van der Waals surface area (Å²) in [5.41, 5.74) is -1.04. The number of alkyl halides is 3. The van der Waals surface area contributed by atoms with Crippen molar-refractivity contribution in [3.63, 3.8) is 0 Å². The van der Waals surface area contributed by atoms with Gasteiger partial charge in [0.05, 0.1) is 11.8 Å². The van der Waals surface area contributed by atoms with Gasteiger partial charge < -0.3 is 14.8 Å². The zero-order valence-corrected chi connectivity index (χ0v) is 12.4. The third-order valence-electron chi connectivity index (χ3n) is 3.47. The van der Waals surface area contributed by atoms with Crippen molar-refractivity contribution in [1.82, 2.24) is 5.32 Å². The predicted octanol–water partition coefficient (Wildman–Crippen LogP) is 4.04. The number of aliphatic hydroxyl groups excluding tert-OH is 1. The average Bonchev–Trinajstić information content (AvgIpc) is 2.99. The first kappa shape index (κ1) is 17.5. The molecule has 23 heavy (non-hydrogen) atoms. The average molecular weight is 331 g/mol. The Kier molecular flexibility index (Phi) is 5.43. The highest BCUT2D eigenvalue weighted by Crippen LogP contribution is 2.32. The molecule has 0 spiro atoms. The van der Waals surface area contributed by atoms with Gasteiger partial charge in [-0.2, -0.15) is 13.2 Å². The lowest BCUT2D eigenvalue weighted by atomic mass is 10.0. The summed E-state index contributed by atoms with van der Waals surface area (Å²) in [6, 6.07) is 5.60. The minimum absolute atomic E-state index is 0.0433. The van der Waals surface area contributed by atoms with Crippen LogP contribution in [0.1, 0.15) is 36.3 Å².